The Morgan fingerprint density at radius 1 is 0.842 bits per heavy atom. The van der Waals surface area contributed by atoms with Crippen LogP contribution in [0.3, 0.4) is 0 Å². The van der Waals surface area contributed by atoms with Crippen molar-refractivity contribution in [2.24, 2.45) is 0 Å². The Morgan fingerprint density at radius 2 is 1.42 bits per heavy atom. The van der Waals surface area contributed by atoms with Crippen LogP contribution >= 0.6 is 0 Å². The molecule has 0 saturated carbocycles. The first-order valence-electron chi connectivity index (χ1n) is 6.31. The molecule has 0 fully saturated rings. The zero-order valence-corrected chi connectivity index (χ0v) is 12.8. The van der Waals surface area contributed by atoms with Gasteiger partial charge in [0.1, 0.15) is 0 Å². The van der Waals surface area contributed by atoms with Gasteiger partial charge in [-0.15, -0.1) is 0 Å². The van der Waals surface area contributed by atoms with Crippen LogP contribution in [0.1, 0.15) is 18.0 Å². The molecule has 2 aromatic carbocycles. The zero-order valence-electron chi connectivity index (χ0n) is 11.8. The molecule has 0 radical (unpaired) electrons. The van der Waals surface area contributed by atoms with E-state index in [1.807, 2.05) is 12.1 Å². The molecule has 3 nitrogen and oxygen atoms in total. The monoisotopic (exact) mass is 276 g/mol. The highest BCUT2D eigenvalue weighted by Crippen LogP contribution is 2.32. The molecule has 19 heavy (non-hydrogen) atoms. The smallest absolute Gasteiger partial charge is 0.376 e. The van der Waals surface area contributed by atoms with E-state index in [2.05, 4.69) is 37.3 Å². The first kappa shape index (κ1) is 14.2. The minimum Gasteiger partial charge on any atom is -0.376 e. The summed E-state index contributed by atoms with van der Waals surface area (Å²) in [6.07, 6.45) is 0. The van der Waals surface area contributed by atoms with Gasteiger partial charge in [0.05, 0.1) is 5.54 Å². The quantitative estimate of drug-likeness (QED) is 0.784. The van der Waals surface area contributed by atoms with Crippen LogP contribution in [0.4, 0.5) is 0 Å². The highest BCUT2D eigenvalue weighted by molar-refractivity contribution is 6.62. The molecule has 0 N–H and O–H groups in total. The summed E-state index contributed by atoms with van der Waals surface area (Å²) in [5.41, 5.74) is 1.29. The van der Waals surface area contributed by atoms with E-state index < -0.39 is 8.80 Å². The van der Waals surface area contributed by atoms with E-state index in [1.54, 1.807) is 21.3 Å². The molecule has 0 amide bonds. The van der Waals surface area contributed by atoms with Crippen molar-refractivity contribution in [3.63, 3.8) is 0 Å². The van der Waals surface area contributed by atoms with Crippen molar-refractivity contribution in [2.45, 2.75) is 12.5 Å². The molecule has 0 aliphatic carbocycles. The highest BCUT2D eigenvalue weighted by atomic mass is 28.4. The Kier molecular flexibility index (Phi) is 4.37. The summed E-state index contributed by atoms with van der Waals surface area (Å²) < 4.78 is 16.8. The lowest BCUT2D eigenvalue weighted by Crippen LogP contribution is -2.48. The SMILES string of the molecule is CO[Si](OC)(OC)C(C)c1cccc2ccccc12. The van der Waals surface area contributed by atoms with E-state index in [1.165, 1.54) is 16.3 Å². The third kappa shape index (κ3) is 2.44. The Bertz CT molecular complexity index is 538. The Labute approximate surface area is 115 Å². The number of fused-ring (bicyclic) bond motifs is 1. The summed E-state index contributed by atoms with van der Waals surface area (Å²) in [5, 5.41) is 2.44. The number of rotatable bonds is 5. The normalized spacial score (nSPS) is 13.7. The predicted octanol–water partition coefficient (Wildman–Crippen LogP) is 3.36. The Balaban J connectivity index is 2.55. The second-order valence-electron chi connectivity index (χ2n) is 4.51. The topological polar surface area (TPSA) is 27.7 Å². The van der Waals surface area contributed by atoms with Crippen LogP contribution in [0, 0.1) is 0 Å². The van der Waals surface area contributed by atoms with Crippen molar-refractivity contribution >= 4 is 19.6 Å². The molecule has 2 rings (SSSR count). The largest absolute Gasteiger partial charge is 0.507 e. The molecule has 1 atom stereocenters. The van der Waals surface area contributed by atoms with E-state index in [-0.39, 0.29) is 5.54 Å². The second kappa shape index (κ2) is 5.84. The molecule has 0 aromatic heterocycles. The molecule has 2 aromatic rings. The van der Waals surface area contributed by atoms with Crippen molar-refractivity contribution in [1.82, 2.24) is 0 Å². The van der Waals surface area contributed by atoms with E-state index in [0.717, 1.165) is 0 Å². The molecule has 0 bridgehead atoms. The van der Waals surface area contributed by atoms with Crippen LogP contribution < -0.4 is 0 Å². The van der Waals surface area contributed by atoms with Gasteiger partial charge in [0.2, 0.25) is 0 Å². The van der Waals surface area contributed by atoms with Gasteiger partial charge >= 0.3 is 8.80 Å². The molecule has 1 unspecified atom stereocenters. The maximum Gasteiger partial charge on any atom is 0.507 e. The fourth-order valence-corrected chi connectivity index (χ4v) is 4.79. The molecule has 0 spiro atoms. The molecule has 0 saturated heterocycles. The lowest BCUT2D eigenvalue weighted by molar-refractivity contribution is 0.114. The molecule has 0 heterocycles. The first-order chi connectivity index (χ1) is 9.18. The van der Waals surface area contributed by atoms with Crippen LogP contribution in [0.5, 0.6) is 0 Å². The third-order valence-electron chi connectivity index (χ3n) is 3.67. The van der Waals surface area contributed by atoms with Gasteiger partial charge in [0.15, 0.2) is 0 Å². The second-order valence-corrected chi connectivity index (χ2v) is 7.80. The molecule has 4 heteroatoms. The van der Waals surface area contributed by atoms with Crippen LogP contribution in [-0.4, -0.2) is 30.1 Å². The summed E-state index contributed by atoms with van der Waals surface area (Å²) in [5.74, 6) is 0. The number of hydrogen-bond donors (Lipinski definition) is 0. The van der Waals surface area contributed by atoms with Crippen LogP contribution in [0.2, 0.25) is 0 Å². The van der Waals surface area contributed by atoms with E-state index in [9.17, 15) is 0 Å². The minimum atomic E-state index is -2.68. The van der Waals surface area contributed by atoms with Gasteiger partial charge in [-0.3, -0.25) is 0 Å². The summed E-state index contributed by atoms with van der Waals surface area (Å²) in [7, 11) is 2.28. The average molecular weight is 276 g/mol. The summed E-state index contributed by atoms with van der Waals surface area (Å²) >= 11 is 0. The van der Waals surface area contributed by atoms with Crippen molar-refractivity contribution < 1.29 is 13.3 Å². The van der Waals surface area contributed by atoms with Crippen LogP contribution in [-0.2, 0) is 13.3 Å². The van der Waals surface area contributed by atoms with Crippen molar-refractivity contribution in [1.29, 1.82) is 0 Å². The standard InChI is InChI=1S/C15H20O3Si/c1-12(19(16-2,17-3)18-4)14-11-7-9-13-8-5-6-10-15(13)14/h5-12H,1-4H3. The van der Waals surface area contributed by atoms with E-state index >= 15 is 0 Å². The third-order valence-corrected chi connectivity index (χ3v) is 6.75. The molecular formula is C15H20O3Si. The number of hydrogen-bond acceptors (Lipinski definition) is 3. The molecular weight excluding hydrogens is 256 g/mol. The lowest BCUT2D eigenvalue weighted by Gasteiger charge is -2.31. The summed E-state index contributed by atoms with van der Waals surface area (Å²) in [4.78, 5) is 0. The van der Waals surface area contributed by atoms with Gasteiger partial charge in [-0.25, -0.2) is 0 Å². The predicted molar refractivity (Wildman–Crippen MR) is 79.1 cm³/mol. The fourth-order valence-electron chi connectivity index (χ4n) is 2.60. The maximum absolute atomic E-state index is 5.60. The van der Waals surface area contributed by atoms with Gasteiger partial charge in [-0.2, -0.15) is 0 Å². The minimum absolute atomic E-state index is 0.0820. The van der Waals surface area contributed by atoms with Gasteiger partial charge in [0.25, 0.3) is 0 Å². The molecule has 0 aliphatic heterocycles. The van der Waals surface area contributed by atoms with Gasteiger partial charge in [-0.05, 0) is 16.3 Å². The van der Waals surface area contributed by atoms with Crippen molar-refractivity contribution in [3.8, 4) is 0 Å². The van der Waals surface area contributed by atoms with Crippen LogP contribution in [0.25, 0.3) is 10.8 Å². The summed E-state index contributed by atoms with van der Waals surface area (Å²) in [6.45, 7) is 2.10. The highest BCUT2D eigenvalue weighted by Gasteiger charge is 2.45. The lowest BCUT2D eigenvalue weighted by atomic mass is 10.0. The molecule has 0 aliphatic rings. The van der Waals surface area contributed by atoms with E-state index in [4.69, 9.17) is 13.3 Å². The Morgan fingerprint density at radius 3 is 2.05 bits per heavy atom. The van der Waals surface area contributed by atoms with Gasteiger partial charge in [0, 0.05) is 21.3 Å². The fraction of sp³-hybridized carbons (Fsp3) is 0.333. The van der Waals surface area contributed by atoms with Crippen LogP contribution in [0.15, 0.2) is 42.5 Å². The average Bonchev–Trinajstić information content (AvgIpc) is 2.49. The van der Waals surface area contributed by atoms with E-state index in [0.29, 0.717) is 0 Å². The van der Waals surface area contributed by atoms with Gasteiger partial charge < -0.3 is 13.3 Å². The number of benzene rings is 2. The first-order valence-corrected chi connectivity index (χ1v) is 8.12. The maximum atomic E-state index is 5.60. The van der Waals surface area contributed by atoms with Crippen molar-refractivity contribution in [2.75, 3.05) is 21.3 Å². The summed E-state index contributed by atoms with van der Waals surface area (Å²) in [6, 6.07) is 14.6. The van der Waals surface area contributed by atoms with Crippen molar-refractivity contribution in [3.05, 3.63) is 48.0 Å². The zero-order chi connectivity index (χ0) is 13.9. The Hall–Kier alpha value is -1.20. The van der Waals surface area contributed by atoms with Gasteiger partial charge in [-0.1, -0.05) is 49.4 Å². The molecule has 102 valence electrons.